The molecule has 6 aromatic rings. The standard InChI is InChI=1S/C41H29BO9/c42-35-38(47)34(33(39(48)40(35)49)27-17-20(43)18-28(44)37(46)41(50)36(27)45)32-25-10-3-1-2-9-23(25)31(24-11-4-5-12-26(24)32)19-14-15-22-21-8-6-7-13-29(21)51-30(22)16-19/h1-8,10-16,18,28,43-50H,9,17H2/b20-18+,36-27-,41-37-. The van der Waals surface area contributed by atoms with Crippen LogP contribution in [0.2, 0.25) is 0 Å². The van der Waals surface area contributed by atoms with Gasteiger partial charge in [-0.05, 0) is 69.2 Å². The third-order valence-corrected chi connectivity index (χ3v) is 9.61. The molecule has 0 spiro atoms. The first kappa shape index (κ1) is 31.7. The van der Waals surface area contributed by atoms with Gasteiger partial charge >= 0.3 is 0 Å². The number of fused-ring (bicyclic) bond motifs is 5. The molecule has 2 aliphatic rings. The number of allylic oxidation sites excluding steroid dienone is 4. The van der Waals surface area contributed by atoms with Gasteiger partial charge in [0, 0.05) is 39.5 Å². The van der Waals surface area contributed by atoms with E-state index in [1.165, 1.54) is 0 Å². The average molecular weight is 676 g/mol. The summed E-state index contributed by atoms with van der Waals surface area (Å²) in [6.07, 6.45) is 6.37. The van der Waals surface area contributed by atoms with Gasteiger partial charge in [0.1, 0.15) is 30.9 Å². The summed E-state index contributed by atoms with van der Waals surface area (Å²) in [4.78, 5) is 0. The summed E-state index contributed by atoms with van der Waals surface area (Å²) in [5, 5.41) is 91.0. The number of aliphatic hydroxyl groups is 5. The predicted octanol–water partition coefficient (Wildman–Crippen LogP) is 7.91. The topological polar surface area (TPSA) is 175 Å². The van der Waals surface area contributed by atoms with Crippen LogP contribution in [0.1, 0.15) is 23.1 Å². The molecule has 9 nitrogen and oxygen atoms in total. The molecule has 2 aliphatic carbocycles. The average Bonchev–Trinajstić information content (AvgIpc) is 3.33. The first-order valence-electron chi connectivity index (χ1n) is 16.1. The van der Waals surface area contributed by atoms with Crippen LogP contribution in [0.4, 0.5) is 0 Å². The number of hydrogen-bond donors (Lipinski definition) is 8. The number of para-hydroxylation sites is 1. The third kappa shape index (κ3) is 4.83. The number of phenolic OH excluding ortho intramolecular Hbond substituents is 3. The Balaban J connectivity index is 1.51. The van der Waals surface area contributed by atoms with Crippen molar-refractivity contribution in [3.05, 3.63) is 131 Å². The van der Waals surface area contributed by atoms with Crippen LogP contribution < -0.4 is 5.46 Å². The molecule has 10 heteroatoms. The maximum absolute atomic E-state index is 11.8. The van der Waals surface area contributed by atoms with E-state index in [9.17, 15) is 40.9 Å². The van der Waals surface area contributed by atoms with Gasteiger partial charge in [-0.25, -0.2) is 0 Å². The Bertz CT molecular complexity index is 2640. The summed E-state index contributed by atoms with van der Waals surface area (Å²) in [6, 6.07) is 21.3. The number of hydrogen-bond acceptors (Lipinski definition) is 9. The zero-order chi connectivity index (χ0) is 35.7. The monoisotopic (exact) mass is 676 g/mol. The molecule has 0 saturated heterocycles. The molecule has 1 heterocycles. The summed E-state index contributed by atoms with van der Waals surface area (Å²) < 4.78 is 6.25. The summed E-state index contributed by atoms with van der Waals surface area (Å²) in [5.41, 5.74) is 3.59. The van der Waals surface area contributed by atoms with Crippen LogP contribution in [-0.2, 0) is 6.42 Å². The second-order valence-electron chi connectivity index (χ2n) is 12.5. The molecule has 1 atom stereocenters. The normalized spacial score (nSPS) is 20.3. The Morgan fingerprint density at radius 2 is 1.33 bits per heavy atom. The number of aromatic hydroxyl groups is 3. The summed E-state index contributed by atoms with van der Waals surface area (Å²) in [7, 11) is 6.19. The number of furan rings is 1. The molecule has 0 aliphatic heterocycles. The van der Waals surface area contributed by atoms with E-state index in [0.717, 1.165) is 44.5 Å². The molecular weight excluding hydrogens is 647 g/mol. The van der Waals surface area contributed by atoms with Gasteiger partial charge < -0.3 is 45.3 Å². The lowest BCUT2D eigenvalue weighted by molar-refractivity contribution is 0.166. The molecule has 1 unspecified atom stereocenters. The van der Waals surface area contributed by atoms with E-state index in [1.54, 1.807) is 6.07 Å². The minimum Gasteiger partial charge on any atom is -0.512 e. The largest absolute Gasteiger partial charge is 0.512 e. The highest BCUT2D eigenvalue weighted by Gasteiger charge is 2.33. The van der Waals surface area contributed by atoms with E-state index in [0.29, 0.717) is 28.5 Å². The Morgan fingerprint density at radius 3 is 2.10 bits per heavy atom. The van der Waals surface area contributed by atoms with Crippen molar-refractivity contribution in [2.75, 3.05) is 0 Å². The van der Waals surface area contributed by atoms with Crippen molar-refractivity contribution in [3.63, 3.8) is 0 Å². The lowest BCUT2D eigenvalue weighted by Gasteiger charge is -2.26. The summed E-state index contributed by atoms with van der Waals surface area (Å²) in [5.74, 6) is -6.19. The fourth-order valence-electron chi connectivity index (χ4n) is 7.27. The smallest absolute Gasteiger partial charge is 0.199 e. The van der Waals surface area contributed by atoms with Gasteiger partial charge in [0.2, 0.25) is 0 Å². The van der Waals surface area contributed by atoms with Crippen molar-refractivity contribution < 1.29 is 45.3 Å². The van der Waals surface area contributed by atoms with Crippen LogP contribution >= 0.6 is 0 Å². The van der Waals surface area contributed by atoms with Crippen LogP contribution in [0.25, 0.3) is 66.6 Å². The fourth-order valence-corrected chi connectivity index (χ4v) is 7.27. The summed E-state index contributed by atoms with van der Waals surface area (Å²) >= 11 is 0. The highest BCUT2D eigenvalue weighted by Crippen LogP contribution is 2.53. The Labute approximate surface area is 291 Å². The van der Waals surface area contributed by atoms with Crippen molar-refractivity contribution in [1.82, 2.24) is 0 Å². The van der Waals surface area contributed by atoms with E-state index in [-0.39, 0.29) is 16.7 Å². The lowest BCUT2D eigenvalue weighted by atomic mass is 9.77. The molecule has 0 bridgehead atoms. The second-order valence-corrected chi connectivity index (χ2v) is 12.5. The predicted molar refractivity (Wildman–Crippen MR) is 198 cm³/mol. The van der Waals surface area contributed by atoms with Gasteiger partial charge in [-0.15, -0.1) is 0 Å². The molecule has 8 N–H and O–H groups in total. The van der Waals surface area contributed by atoms with Crippen molar-refractivity contribution in [3.8, 4) is 39.5 Å². The van der Waals surface area contributed by atoms with Crippen molar-refractivity contribution in [2.45, 2.75) is 18.9 Å². The van der Waals surface area contributed by atoms with Gasteiger partial charge in [-0.1, -0.05) is 72.8 Å². The van der Waals surface area contributed by atoms with E-state index >= 15 is 0 Å². The molecule has 0 saturated carbocycles. The molecule has 1 aromatic heterocycles. The third-order valence-electron chi connectivity index (χ3n) is 9.61. The van der Waals surface area contributed by atoms with Gasteiger partial charge in [0.05, 0.1) is 5.76 Å². The zero-order valence-corrected chi connectivity index (χ0v) is 26.8. The number of rotatable bonds is 3. The second kappa shape index (κ2) is 11.8. The van der Waals surface area contributed by atoms with Crippen LogP contribution in [0.5, 0.6) is 17.2 Å². The van der Waals surface area contributed by atoms with E-state index in [4.69, 9.17) is 12.3 Å². The quantitative estimate of drug-likeness (QED) is 0.0526. The maximum Gasteiger partial charge on any atom is 0.199 e. The van der Waals surface area contributed by atoms with Crippen molar-refractivity contribution in [1.29, 1.82) is 0 Å². The van der Waals surface area contributed by atoms with E-state index in [1.807, 2.05) is 85.0 Å². The van der Waals surface area contributed by atoms with Gasteiger partial charge in [0.15, 0.2) is 28.8 Å². The molecule has 51 heavy (non-hydrogen) atoms. The van der Waals surface area contributed by atoms with Crippen molar-refractivity contribution in [2.24, 2.45) is 0 Å². The number of phenols is 3. The molecule has 250 valence electrons. The fraction of sp³-hybridized carbons (Fsp3) is 0.0732. The van der Waals surface area contributed by atoms with Crippen molar-refractivity contribution >= 4 is 57.7 Å². The Hall–Kier alpha value is -6.52. The lowest BCUT2D eigenvalue weighted by Crippen LogP contribution is -2.15. The number of aliphatic hydroxyl groups excluding tert-OH is 5. The molecule has 0 fully saturated rings. The maximum atomic E-state index is 11.8. The zero-order valence-electron chi connectivity index (χ0n) is 26.8. The summed E-state index contributed by atoms with van der Waals surface area (Å²) in [6.45, 7) is 0. The van der Waals surface area contributed by atoms with Crippen LogP contribution in [0.15, 0.2) is 118 Å². The molecule has 2 radical (unpaired) electrons. The highest BCUT2D eigenvalue weighted by molar-refractivity contribution is 6.38. The van der Waals surface area contributed by atoms with Gasteiger partial charge in [-0.2, -0.15) is 0 Å². The van der Waals surface area contributed by atoms with Gasteiger partial charge in [-0.3, -0.25) is 0 Å². The molecule has 0 amide bonds. The van der Waals surface area contributed by atoms with Gasteiger partial charge in [0.25, 0.3) is 0 Å². The first-order chi connectivity index (χ1) is 24.6. The minimum atomic E-state index is -1.85. The van der Waals surface area contributed by atoms with Crippen LogP contribution in [-0.4, -0.2) is 54.8 Å². The molecular formula is C41H29BO9. The Morgan fingerprint density at radius 1 is 0.647 bits per heavy atom. The number of benzene rings is 5. The SMILES string of the molecule is [B]c1c(O)c(O)c(/C2=C(O)/C(O)=C(/O)C(O)/C=C(/O)C2)c(-c2c3c(c(-c4ccc5c(c4)oc4ccccc45)c4ccccc24)CC=CC=C3)c1O. The first-order valence-corrected chi connectivity index (χ1v) is 16.1. The molecule has 5 aromatic carbocycles. The van der Waals surface area contributed by atoms with Crippen LogP contribution in [0, 0.1) is 0 Å². The van der Waals surface area contributed by atoms with E-state index < -0.39 is 58.3 Å². The van der Waals surface area contributed by atoms with Crippen LogP contribution in [0.3, 0.4) is 0 Å². The van der Waals surface area contributed by atoms with E-state index in [2.05, 4.69) is 0 Å². The Kier molecular flexibility index (Phi) is 7.36. The molecule has 8 rings (SSSR count). The minimum absolute atomic E-state index is 0.121. The highest BCUT2D eigenvalue weighted by atomic mass is 16.4.